The van der Waals surface area contributed by atoms with E-state index in [0.717, 1.165) is 35.5 Å². The second-order valence-corrected chi connectivity index (χ2v) is 9.91. The lowest BCUT2D eigenvalue weighted by atomic mass is 9.87. The normalized spacial score (nSPS) is 15.3. The fourth-order valence-corrected chi connectivity index (χ4v) is 6.16. The lowest BCUT2D eigenvalue weighted by Crippen LogP contribution is -2.17. The first-order valence-electron chi connectivity index (χ1n) is 10.5. The molecule has 0 saturated carbocycles. The highest BCUT2D eigenvalue weighted by Gasteiger charge is 2.30. The van der Waals surface area contributed by atoms with Gasteiger partial charge in [0.05, 0.1) is 29.6 Å². The van der Waals surface area contributed by atoms with Crippen LogP contribution in [0.5, 0.6) is 0 Å². The molecule has 1 aliphatic rings. The van der Waals surface area contributed by atoms with E-state index in [1.54, 1.807) is 18.3 Å². The van der Waals surface area contributed by atoms with Gasteiger partial charge in [-0.15, -0.1) is 22.7 Å². The van der Waals surface area contributed by atoms with Gasteiger partial charge in [0.2, 0.25) is 11.7 Å². The SMILES string of the molecule is CC1CCc2c(sc(NC(=O)Cc3csc(-c4ccccn4)n3)c2C(=O)c2ccco2)C1. The van der Waals surface area contributed by atoms with Gasteiger partial charge in [0.25, 0.3) is 0 Å². The third-order valence-corrected chi connectivity index (χ3v) is 7.60. The minimum Gasteiger partial charge on any atom is -0.461 e. The summed E-state index contributed by atoms with van der Waals surface area (Å²) in [5.74, 6) is 0.488. The molecule has 1 unspecified atom stereocenters. The second kappa shape index (κ2) is 8.80. The molecule has 1 aliphatic carbocycles. The number of anilines is 1. The van der Waals surface area contributed by atoms with Crippen molar-refractivity contribution in [2.75, 3.05) is 5.32 Å². The third-order valence-electron chi connectivity index (χ3n) is 5.51. The van der Waals surface area contributed by atoms with Gasteiger partial charge in [0.1, 0.15) is 10.0 Å². The monoisotopic (exact) mass is 463 g/mol. The molecule has 4 aromatic heterocycles. The highest BCUT2D eigenvalue weighted by molar-refractivity contribution is 7.17. The van der Waals surface area contributed by atoms with Gasteiger partial charge < -0.3 is 9.73 Å². The van der Waals surface area contributed by atoms with Gasteiger partial charge in [0.15, 0.2) is 5.76 Å². The molecule has 32 heavy (non-hydrogen) atoms. The molecule has 0 saturated heterocycles. The topological polar surface area (TPSA) is 85.1 Å². The molecular formula is C24H21N3O3S2. The zero-order valence-corrected chi connectivity index (χ0v) is 19.1. The van der Waals surface area contributed by atoms with Crippen LogP contribution in [0.4, 0.5) is 5.00 Å². The quantitative estimate of drug-likeness (QED) is 0.387. The Morgan fingerprint density at radius 3 is 2.94 bits per heavy atom. The molecular weight excluding hydrogens is 442 g/mol. The Morgan fingerprint density at radius 1 is 1.25 bits per heavy atom. The van der Waals surface area contributed by atoms with Crippen molar-refractivity contribution in [1.82, 2.24) is 9.97 Å². The van der Waals surface area contributed by atoms with Crippen LogP contribution >= 0.6 is 22.7 Å². The Kier molecular flexibility index (Phi) is 5.71. The maximum atomic E-state index is 13.2. The molecule has 0 aromatic carbocycles. The summed E-state index contributed by atoms with van der Waals surface area (Å²) in [7, 11) is 0. The van der Waals surface area contributed by atoms with E-state index in [-0.39, 0.29) is 18.1 Å². The molecule has 4 heterocycles. The predicted octanol–water partition coefficient (Wildman–Crippen LogP) is 5.40. The number of rotatable bonds is 6. The summed E-state index contributed by atoms with van der Waals surface area (Å²) in [6.07, 6.45) is 6.15. The number of carbonyl (C=O) groups is 2. The zero-order valence-electron chi connectivity index (χ0n) is 17.5. The summed E-state index contributed by atoms with van der Waals surface area (Å²) in [4.78, 5) is 36.1. The van der Waals surface area contributed by atoms with E-state index in [1.165, 1.54) is 33.8 Å². The number of amides is 1. The van der Waals surface area contributed by atoms with Crippen molar-refractivity contribution >= 4 is 39.4 Å². The molecule has 0 radical (unpaired) electrons. The lowest BCUT2D eigenvalue weighted by Gasteiger charge is -2.18. The number of pyridine rings is 1. The summed E-state index contributed by atoms with van der Waals surface area (Å²) in [5.41, 5.74) is 3.10. The molecule has 0 spiro atoms. The van der Waals surface area contributed by atoms with Crippen molar-refractivity contribution in [3.63, 3.8) is 0 Å². The van der Waals surface area contributed by atoms with Gasteiger partial charge in [-0.1, -0.05) is 13.0 Å². The molecule has 1 amide bonds. The molecule has 5 rings (SSSR count). The summed E-state index contributed by atoms with van der Waals surface area (Å²) >= 11 is 2.97. The van der Waals surface area contributed by atoms with Crippen molar-refractivity contribution in [3.05, 3.63) is 75.6 Å². The van der Waals surface area contributed by atoms with E-state index in [1.807, 2.05) is 23.6 Å². The molecule has 162 valence electrons. The molecule has 0 aliphatic heterocycles. The smallest absolute Gasteiger partial charge is 0.231 e. The van der Waals surface area contributed by atoms with Crippen LogP contribution in [0.15, 0.2) is 52.6 Å². The maximum absolute atomic E-state index is 13.2. The number of thiophene rings is 1. The number of aromatic nitrogens is 2. The first kappa shape index (κ1) is 20.8. The Balaban J connectivity index is 1.38. The Morgan fingerprint density at radius 2 is 2.16 bits per heavy atom. The molecule has 6 nitrogen and oxygen atoms in total. The summed E-state index contributed by atoms with van der Waals surface area (Å²) in [6.45, 7) is 2.22. The fraction of sp³-hybridized carbons (Fsp3) is 0.250. The Labute approximate surface area is 193 Å². The molecule has 8 heteroatoms. The van der Waals surface area contributed by atoms with Crippen LogP contribution in [-0.4, -0.2) is 21.7 Å². The standard InChI is InChI=1S/C24H21N3O3S2/c1-14-7-8-16-19(11-14)32-24(21(16)22(29)18-6-4-10-30-18)27-20(28)12-15-13-31-23(26-15)17-5-2-3-9-25-17/h2-6,9-10,13-14H,7-8,11-12H2,1H3,(H,27,28). The maximum Gasteiger partial charge on any atom is 0.231 e. The van der Waals surface area contributed by atoms with Crippen LogP contribution in [0, 0.1) is 5.92 Å². The van der Waals surface area contributed by atoms with Crippen molar-refractivity contribution in [1.29, 1.82) is 0 Å². The lowest BCUT2D eigenvalue weighted by molar-refractivity contribution is -0.115. The van der Waals surface area contributed by atoms with Gasteiger partial charge in [-0.05, 0) is 55.0 Å². The number of nitrogens with zero attached hydrogens (tertiary/aromatic N) is 2. The van der Waals surface area contributed by atoms with Gasteiger partial charge in [-0.2, -0.15) is 0 Å². The van der Waals surface area contributed by atoms with Crippen molar-refractivity contribution < 1.29 is 14.0 Å². The van der Waals surface area contributed by atoms with Crippen LogP contribution in [0.2, 0.25) is 0 Å². The number of fused-ring (bicyclic) bond motifs is 1. The van der Waals surface area contributed by atoms with Gasteiger partial charge in [0, 0.05) is 16.5 Å². The Hall–Kier alpha value is -3.10. The number of ketones is 1. The fourth-order valence-electron chi connectivity index (χ4n) is 3.94. The highest BCUT2D eigenvalue weighted by atomic mass is 32.1. The van der Waals surface area contributed by atoms with E-state index >= 15 is 0 Å². The van der Waals surface area contributed by atoms with Crippen molar-refractivity contribution in [2.24, 2.45) is 5.92 Å². The number of carbonyl (C=O) groups excluding carboxylic acids is 2. The van der Waals surface area contributed by atoms with Crippen LogP contribution in [0.25, 0.3) is 10.7 Å². The molecule has 0 bridgehead atoms. The molecule has 4 aromatic rings. The summed E-state index contributed by atoms with van der Waals surface area (Å²) in [6, 6.07) is 9.03. The zero-order chi connectivity index (χ0) is 22.1. The van der Waals surface area contributed by atoms with E-state index in [2.05, 4.69) is 22.2 Å². The molecule has 0 fully saturated rings. The highest BCUT2D eigenvalue weighted by Crippen LogP contribution is 2.40. The van der Waals surface area contributed by atoms with Gasteiger partial charge in [-0.3, -0.25) is 14.6 Å². The Bertz CT molecular complexity index is 1260. The first-order valence-corrected chi connectivity index (χ1v) is 12.2. The van der Waals surface area contributed by atoms with Crippen molar-refractivity contribution in [2.45, 2.75) is 32.6 Å². The minimum absolute atomic E-state index is 0.136. The van der Waals surface area contributed by atoms with Crippen LogP contribution < -0.4 is 5.32 Å². The van der Waals surface area contributed by atoms with Crippen LogP contribution in [0.3, 0.4) is 0 Å². The van der Waals surface area contributed by atoms with E-state index in [9.17, 15) is 9.59 Å². The average molecular weight is 464 g/mol. The number of furan rings is 1. The summed E-state index contributed by atoms with van der Waals surface area (Å²) in [5, 5.41) is 6.25. The first-order chi connectivity index (χ1) is 15.6. The van der Waals surface area contributed by atoms with Gasteiger partial charge >= 0.3 is 0 Å². The number of hydrogen-bond acceptors (Lipinski definition) is 7. The molecule has 1 atom stereocenters. The third kappa shape index (κ3) is 4.16. The predicted molar refractivity (Wildman–Crippen MR) is 125 cm³/mol. The molecule has 1 N–H and O–H groups in total. The number of hydrogen-bond donors (Lipinski definition) is 1. The largest absolute Gasteiger partial charge is 0.461 e. The average Bonchev–Trinajstić information content (AvgIpc) is 3.54. The van der Waals surface area contributed by atoms with E-state index < -0.39 is 0 Å². The van der Waals surface area contributed by atoms with E-state index in [0.29, 0.717) is 27.9 Å². The van der Waals surface area contributed by atoms with Gasteiger partial charge in [-0.25, -0.2) is 4.98 Å². The van der Waals surface area contributed by atoms with Crippen LogP contribution in [-0.2, 0) is 24.1 Å². The minimum atomic E-state index is -0.192. The van der Waals surface area contributed by atoms with Crippen LogP contribution in [0.1, 0.15) is 45.6 Å². The number of thiazole rings is 1. The summed E-state index contributed by atoms with van der Waals surface area (Å²) < 4.78 is 5.36. The number of nitrogens with one attached hydrogen (secondary N) is 1. The van der Waals surface area contributed by atoms with E-state index in [4.69, 9.17) is 4.42 Å². The van der Waals surface area contributed by atoms with Crippen molar-refractivity contribution in [3.8, 4) is 10.7 Å². The second-order valence-electron chi connectivity index (χ2n) is 7.95.